The highest BCUT2D eigenvalue weighted by Crippen LogP contribution is 2.09. The Balaban J connectivity index is 2.80. The van der Waals surface area contributed by atoms with Crippen LogP contribution in [-0.2, 0) is 11.3 Å². The molecular formula is C16H20N2O. The van der Waals surface area contributed by atoms with Crippen LogP contribution in [0.15, 0.2) is 35.9 Å². The van der Waals surface area contributed by atoms with Gasteiger partial charge < -0.3 is 4.90 Å². The van der Waals surface area contributed by atoms with Gasteiger partial charge >= 0.3 is 0 Å². The van der Waals surface area contributed by atoms with Crippen LogP contribution in [0.4, 0.5) is 0 Å². The van der Waals surface area contributed by atoms with Gasteiger partial charge in [-0.1, -0.05) is 24.6 Å². The summed E-state index contributed by atoms with van der Waals surface area (Å²) < 4.78 is 0. The number of carbonyl (C=O) groups is 1. The molecule has 0 aliphatic rings. The van der Waals surface area contributed by atoms with E-state index in [4.69, 9.17) is 5.26 Å². The maximum Gasteiger partial charge on any atom is 0.246 e. The van der Waals surface area contributed by atoms with Crippen molar-refractivity contribution in [2.45, 2.75) is 33.7 Å². The van der Waals surface area contributed by atoms with Crippen molar-refractivity contribution in [2.24, 2.45) is 0 Å². The Bertz CT molecular complexity index is 490. The summed E-state index contributed by atoms with van der Waals surface area (Å²) in [5, 5.41) is 8.76. The molecule has 0 unspecified atom stereocenters. The van der Waals surface area contributed by atoms with E-state index < -0.39 is 0 Å². The molecule has 0 aromatic heterocycles. The molecule has 0 aliphatic carbocycles. The Morgan fingerprint density at radius 2 is 1.95 bits per heavy atom. The predicted octanol–water partition coefficient (Wildman–Crippen LogP) is 3.26. The smallest absolute Gasteiger partial charge is 0.246 e. The number of hydrogen-bond acceptors (Lipinski definition) is 2. The number of carbonyl (C=O) groups excluding carboxylic acids is 1. The van der Waals surface area contributed by atoms with Gasteiger partial charge in [-0.15, -0.1) is 0 Å². The Morgan fingerprint density at radius 3 is 2.42 bits per heavy atom. The minimum atomic E-state index is 0.0474. The molecule has 0 bridgehead atoms. The van der Waals surface area contributed by atoms with Gasteiger partial charge in [0.15, 0.2) is 0 Å². The van der Waals surface area contributed by atoms with Crippen molar-refractivity contribution in [3.05, 3.63) is 47.0 Å². The van der Waals surface area contributed by atoms with Gasteiger partial charge in [-0.2, -0.15) is 5.26 Å². The zero-order chi connectivity index (χ0) is 14.3. The fourth-order valence-electron chi connectivity index (χ4n) is 1.78. The molecule has 0 spiro atoms. The summed E-state index contributed by atoms with van der Waals surface area (Å²) in [6.45, 7) is 7.22. The number of hydrogen-bond donors (Lipinski definition) is 0. The van der Waals surface area contributed by atoms with Gasteiger partial charge in [0.25, 0.3) is 0 Å². The average molecular weight is 256 g/mol. The molecule has 0 saturated carbocycles. The zero-order valence-electron chi connectivity index (χ0n) is 11.8. The summed E-state index contributed by atoms with van der Waals surface area (Å²) in [6.07, 6.45) is 2.60. The molecule has 0 radical (unpaired) electrons. The third-order valence-corrected chi connectivity index (χ3v) is 2.67. The van der Waals surface area contributed by atoms with Crippen LogP contribution in [0.5, 0.6) is 0 Å². The van der Waals surface area contributed by atoms with Gasteiger partial charge in [0.2, 0.25) is 5.91 Å². The van der Waals surface area contributed by atoms with Crippen molar-refractivity contribution in [2.75, 3.05) is 6.54 Å². The lowest BCUT2D eigenvalue weighted by atomic mass is 10.1. The van der Waals surface area contributed by atoms with Crippen LogP contribution < -0.4 is 0 Å². The SMILES string of the molecule is CCCN(Cc1ccc(C#N)cc1)C(=O)C=C(C)C. The second kappa shape index (κ2) is 7.38. The average Bonchev–Trinajstić information content (AvgIpc) is 2.38. The largest absolute Gasteiger partial charge is 0.335 e. The Morgan fingerprint density at radius 1 is 1.32 bits per heavy atom. The van der Waals surface area contributed by atoms with Gasteiger partial charge in [0.05, 0.1) is 11.6 Å². The molecule has 1 amide bonds. The van der Waals surface area contributed by atoms with Crippen LogP contribution in [0, 0.1) is 11.3 Å². The highest BCUT2D eigenvalue weighted by molar-refractivity contribution is 5.88. The second-order valence-corrected chi connectivity index (χ2v) is 4.79. The van der Waals surface area contributed by atoms with Crippen LogP contribution in [0.2, 0.25) is 0 Å². The van der Waals surface area contributed by atoms with Crippen LogP contribution >= 0.6 is 0 Å². The van der Waals surface area contributed by atoms with Crippen LogP contribution in [0.1, 0.15) is 38.3 Å². The molecule has 0 aliphatic heterocycles. The summed E-state index contributed by atoms with van der Waals surface area (Å²) in [4.78, 5) is 13.9. The van der Waals surface area contributed by atoms with Crippen molar-refractivity contribution in [3.63, 3.8) is 0 Å². The summed E-state index contributed by atoms with van der Waals surface area (Å²) in [5.41, 5.74) is 2.69. The highest BCUT2D eigenvalue weighted by Gasteiger charge is 2.10. The number of nitrogens with zero attached hydrogens (tertiary/aromatic N) is 2. The first-order valence-electron chi connectivity index (χ1n) is 6.49. The normalized spacial score (nSPS) is 9.58. The minimum Gasteiger partial charge on any atom is -0.335 e. The summed E-state index contributed by atoms with van der Waals surface area (Å²) in [7, 11) is 0. The summed E-state index contributed by atoms with van der Waals surface area (Å²) in [6, 6.07) is 9.46. The van der Waals surface area contributed by atoms with E-state index in [0.717, 1.165) is 24.1 Å². The van der Waals surface area contributed by atoms with Crippen molar-refractivity contribution in [1.29, 1.82) is 5.26 Å². The van der Waals surface area contributed by atoms with Gasteiger partial charge in [-0.3, -0.25) is 4.79 Å². The molecule has 1 aromatic carbocycles. The number of rotatable bonds is 5. The van der Waals surface area contributed by atoms with E-state index in [-0.39, 0.29) is 5.91 Å². The Hall–Kier alpha value is -2.08. The molecule has 19 heavy (non-hydrogen) atoms. The lowest BCUT2D eigenvalue weighted by Gasteiger charge is -2.21. The molecule has 1 aromatic rings. The van der Waals surface area contributed by atoms with Crippen molar-refractivity contribution < 1.29 is 4.79 Å². The molecular weight excluding hydrogens is 236 g/mol. The monoisotopic (exact) mass is 256 g/mol. The molecule has 0 atom stereocenters. The summed E-state index contributed by atoms with van der Waals surface area (Å²) >= 11 is 0. The third-order valence-electron chi connectivity index (χ3n) is 2.67. The van der Waals surface area contributed by atoms with E-state index in [0.29, 0.717) is 12.1 Å². The van der Waals surface area contributed by atoms with Gasteiger partial charge in [0.1, 0.15) is 0 Å². The molecule has 1 rings (SSSR count). The quantitative estimate of drug-likeness (QED) is 0.759. The fourth-order valence-corrected chi connectivity index (χ4v) is 1.78. The van der Waals surface area contributed by atoms with Crippen LogP contribution in [0.25, 0.3) is 0 Å². The maximum absolute atomic E-state index is 12.1. The number of nitriles is 1. The zero-order valence-corrected chi connectivity index (χ0v) is 11.8. The molecule has 3 heteroatoms. The lowest BCUT2D eigenvalue weighted by molar-refractivity contribution is -0.126. The van der Waals surface area contributed by atoms with Crippen molar-refractivity contribution in [3.8, 4) is 6.07 Å². The fraction of sp³-hybridized carbons (Fsp3) is 0.375. The topological polar surface area (TPSA) is 44.1 Å². The first kappa shape index (κ1) is 15.0. The van der Waals surface area contributed by atoms with Crippen LogP contribution in [0.3, 0.4) is 0 Å². The highest BCUT2D eigenvalue weighted by atomic mass is 16.2. The maximum atomic E-state index is 12.1. The number of amides is 1. The number of benzene rings is 1. The van der Waals surface area contributed by atoms with E-state index in [2.05, 4.69) is 13.0 Å². The van der Waals surface area contributed by atoms with Gasteiger partial charge in [0, 0.05) is 19.2 Å². The summed E-state index contributed by atoms with van der Waals surface area (Å²) in [5.74, 6) is 0.0474. The lowest BCUT2D eigenvalue weighted by Crippen LogP contribution is -2.29. The van der Waals surface area contributed by atoms with E-state index in [1.165, 1.54) is 0 Å². The molecule has 0 fully saturated rings. The first-order valence-corrected chi connectivity index (χ1v) is 6.49. The van der Waals surface area contributed by atoms with Gasteiger partial charge in [-0.05, 0) is 38.0 Å². The minimum absolute atomic E-state index is 0.0474. The van der Waals surface area contributed by atoms with Crippen molar-refractivity contribution in [1.82, 2.24) is 4.90 Å². The Kier molecular flexibility index (Phi) is 5.81. The molecule has 0 N–H and O–H groups in total. The second-order valence-electron chi connectivity index (χ2n) is 4.79. The molecule has 3 nitrogen and oxygen atoms in total. The first-order chi connectivity index (χ1) is 9.06. The standard InChI is InChI=1S/C16H20N2O/c1-4-9-18(16(19)10-13(2)3)12-15-7-5-14(11-17)6-8-15/h5-8,10H,4,9,12H2,1-3H3. The van der Waals surface area contributed by atoms with E-state index in [9.17, 15) is 4.79 Å². The van der Waals surface area contributed by atoms with Crippen molar-refractivity contribution >= 4 is 5.91 Å². The van der Waals surface area contributed by atoms with E-state index in [1.54, 1.807) is 18.2 Å². The third kappa shape index (κ3) is 4.97. The van der Waals surface area contributed by atoms with E-state index >= 15 is 0 Å². The number of allylic oxidation sites excluding steroid dienone is 1. The predicted molar refractivity (Wildman–Crippen MR) is 76.3 cm³/mol. The van der Waals surface area contributed by atoms with Crippen LogP contribution in [-0.4, -0.2) is 17.4 Å². The van der Waals surface area contributed by atoms with E-state index in [1.807, 2.05) is 30.9 Å². The van der Waals surface area contributed by atoms with Gasteiger partial charge in [-0.25, -0.2) is 0 Å². The Labute approximate surface area is 115 Å². The molecule has 0 saturated heterocycles. The molecule has 0 heterocycles. The molecule has 100 valence electrons.